The maximum atomic E-state index is 5.40. The van der Waals surface area contributed by atoms with E-state index < -0.39 is 0 Å². The number of H-pyrrole nitrogens is 1. The van der Waals surface area contributed by atoms with Crippen molar-refractivity contribution in [2.24, 2.45) is 5.92 Å². The van der Waals surface area contributed by atoms with Gasteiger partial charge in [0.05, 0.1) is 13.2 Å². The second kappa shape index (κ2) is 6.70. The number of anilines is 1. The largest absolute Gasteiger partial charge is 0.382 e. The van der Waals surface area contributed by atoms with Crippen LogP contribution in [0.5, 0.6) is 0 Å². The molecule has 0 saturated carbocycles. The molecule has 0 radical (unpaired) electrons. The van der Waals surface area contributed by atoms with Crippen molar-refractivity contribution in [1.29, 1.82) is 0 Å². The maximum absolute atomic E-state index is 5.40. The Morgan fingerprint density at radius 2 is 2.33 bits per heavy atom. The van der Waals surface area contributed by atoms with E-state index in [1.165, 1.54) is 12.8 Å². The van der Waals surface area contributed by atoms with Crippen molar-refractivity contribution < 1.29 is 9.47 Å². The zero-order valence-electron chi connectivity index (χ0n) is 11.2. The number of piperidine rings is 1. The van der Waals surface area contributed by atoms with Gasteiger partial charge in [0.1, 0.15) is 6.61 Å². The molecule has 0 amide bonds. The highest BCUT2D eigenvalue weighted by Crippen LogP contribution is 2.19. The van der Waals surface area contributed by atoms with E-state index in [1.54, 1.807) is 7.11 Å². The summed E-state index contributed by atoms with van der Waals surface area (Å²) >= 11 is 0. The number of rotatable bonds is 6. The smallest absolute Gasteiger partial charge is 0.244 e. The zero-order valence-corrected chi connectivity index (χ0v) is 11.2. The third-order valence-electron chi connectivity index (χ3n) is 3.13. The molecule has 1 aromatic rings. The van der Waals surface area contributed by atoms with Gasteiger partial charge >= 0.3 is 0 Å². The predicted octanol–water partition coefficient (Wildman–Crippen LogP) is 1.20. The van der Waals surface area contributed by atoms with Crippen LogP contribution in [0, 0.1) is 5.92 Å². The molecule has 1 saturated heterocycles. The van der Waals surface area contributed by atoms with Crippen molar-refractivity contribution in [3.63, 3.8) is 0 Å². The number of nitrogens with one attached hydrogen (secondary N) is 1. The van der Waals surface area contributed by atoms with Crippen LogP contribution >= 0.6 is 0 Å². The molecule has 1 fully saturated rings. The highest BCUT2D eigenvalue weighted by molar-refractivity contribution is 5.29. The van der Waals surface area contributed by atoms with Gasteiger partial charge in [-0.1, -0.05) is 6.92 Å². The Balaban J connectivity index is 1.81. The first-order valence-corrected chi connectivity index (χ1v) is 6.52. The van der Waals surface area contributed by atoms with E-state index in [1.807, 2.05) is 0 Å². The van der Waals surface area contributed by atoms with Crippen LogP contribution in [0.4, 0.5) is 5.95 Å². The van der Waals surface area contributed by atoms with Crippen LogP contribution in [-0.4, -0.2) is 48.6 Å². The van der Waals surface area contributed by atoms with Crippen molar-refractivity contribution >= 4 is 5.95 Å². The van der Waals surface area contributed by atoms with Gasteiger partial charge in [-0.15, -0.1) is 5.10 Å². The van der Waals surface area contributed by atoms with Gasteiger partial charge < -0.3 is 14.4 Å². The lowest BCUT2D eigenvalue weighted by atomic mass is 10.0. The molecule has 0 bridgehead atoms. The van der Waals surface area contributed by atoms with Gasteiger partial charge in [-0.05, 0) is 18.8 Å². The molecule has 2 heterocycles. The van der Waals surface area contributed by atoms with Crippen LogP contribution in [0.25, 0.3) is 0 Å². The summed E-state index contributed by atoms with van der Waals surface area (Å²) in [7, 11) is 1.66. The molecule has 1 N–H and O–H groups in total. The molecule has 1 aliphatic heterocycles. The highest BCUT2D eigenvalue weighted by atomic mass is 16.5. The summed E-state index contributed by atoms with van der Waals surface area (Å²) in [6.07, 6.45) is 2.52. The average molecular weight is 254 g/mol. The normalized spacial score (nSPS) is 20.3. The fourth-order valence-electron chi connectivity index (χ4n) is 2.17. The minimum atomic E-state index is 0.458. The first-order chi connectivity index (χ1) is 8.79. The van der Waals surface area contributed by atoms with E-state index in [2.05, 4.69) is 27.0 Å². The Labute approximate surface area is 108 Å². The molecule has 0 aromatic carbocycles. The second-order valence-electron chi connectivity index (χ2n) is 4.82. The quantitative estimate of drug-likeness (QED) is 0.773. The summed E-state index contributed by atoms with van der Waals surface area (Å²) in [6, 6.07) is 0. The van der Waals surface area contributed by atoms with Crippen molar-refractivity contribution in [2.45, 2.75) is 26.4 Å². The number of aromatic amines is 1. The number of methoxy groups -OCH3 is 1. The van der Waals surface area contributed by atoms with Crippen molar-refractivity contribution in [3.05, 3.63) is 5.82 Å². The molecule has 2 rings (SSSR count). The molecular formula is C12H22N4O2. The first kappa shape index (κ1) is 13.3. The maximum Gasteiger partial charge on any atom is 0.244 e. The minimum Gasteiger partial charge on any atom is -0.382 e. The Hall–Kier alpha value is -1.14. The van der Waals surface area contributed by atoms with Gasteiger partial charge in [0, 0.05) is 20.2 Å². The SMILES string of the molecule is COCCOCc1nc(N2CCCC(C)C2)n[nH]1. The van der Waals surface area contributed by atoms with E-state index in [9.17, 15) is 0 Å². The van der Waals surface area contributed by atoms with Crippen molar-refractivity contribution in [3.8, 4) is 0 Å². The third kappa shape index (κ3) is 3.68. The summed E-state index contributed by atoms with van der Waals surface area (Å²) in [6.45, 7) is 6.00. The average Bonchev–Trinajstić information content (AvgIpc) is 2.83. The molecular weight excluding hydrogens is 232 g/mol. The van der Waals surface area contributed by atoms with E-state index >= 15 is 0 Å². The summed E-state index contributed by atoms with van der Waals surface area (Å²) in [5.41, 5.74) is 0. The molecule has 1 atom stereocenters. The number of hydrogen-bond acceptors (Lipinski definition) is 5. The van der Waals surface area contributed by atoms with E-state index in [-0.39, 0.29) is 0 Å². The summed E-state index contributed by atoms with van der Waals surface area (Å²) in [4.78, 5) is 6.70. The molecule has 1 aliphatic rings. The molecule has 102 valence electrons. The first-order valence-electron chi connectivity index (χ1n) is 6.52. The van der Waals surface area contributed by atoms with Crippen LogP contribution < -0.4 is 4.90 Å². The van der Waals surface area contributed by atoms with Gasteiger partial charge in [-0.3, -0.25) is 5.10 Å². The van der Waals surface area contributed by atoms with Crippen molar-refractivity contribution in [1.82, 2.24) is 15.2 Å². The summed E-state index contributed by atoms with van der Waals surface area (Å²) in [5.74, 6) is 2.30. The molecule has 0 spiro atoms. The number of nitrogens with zero attached hydrogens (tertiary/aromatic N) is 3. The summed E-state index contributed by atoms with van der Waals surface area (Å²) in [5, 5.41) is 7.18. The van der Waals surface area contributed by atoms with Crippen LogP contribution in [0.3, 0.4) is 0 Å². The topological polar surface area (TPSA) is 63.3 Å². The van der Waals surface area contributed by atoms with Crippen molar-refractivity contribution in [2.75, 3.05) is 38.3 Å². The van der Waals surface area contributed by atoms with Gasteiger partial charge in [0.25, 0.3) is 0 Å². The highest BCUT2D eigenvalue weighted by Gasteiger charge is 2.19. The molecule has 6 heteroatoms. The molecule has 18 heavy (non-hydrogen) atoms. The van der Waals surface area contributed by atoms with Crippen LogP contribution in [0.15, 0.2) is 0 Å². The van der Waals surface area contributed by atoms with Gasteiger partial charge in [0.2, 0.25) is 5.95 Å². The third-order valence-corrected chi connectivity index (χ3v) is 3.13. The monoisotopic (exact) mass is 254 g/mol. The standard InChI is InChI=1S/C12H22N4O2/c1-10-4-3-5-16(8-10)12-13-11(14-15-12)9-18-7-6-17-2/h10H,3-9H2,1-2H3,(H,13,14,15). The van der Waals surface area contributed by atoms with Gasteiger partial charge in [-0.2, -0.15) is 4.98 Å². The Morgan fingerprint density at radius 3 is 3.11 bits per heavy atom. The lowest BCUT2D eigenvalue weighted by molar-refractivity contribution is 0.0587. The molecule has 6 nitrogen and oxygen atoms in total. The van der Waals surface area contributed by atoms with E-state index in [0.29, 0.717) is 19.8 Å². The predicted molar refractivity (Wildman–Crippen MR) is 68.5 cm³/mol. The molecule has 1 aromatic heterocycles. The molecule has 1 unspecified atom stereocenters. The van der Waals surface area contributed by atoms with Crippen LogP contribution in [0.2, 0.25) is 0 Å². The Morgan fingerprint density at radius 1 is 1.44 bits per heavy atom. The lowest BCUT2D eigenvalue weighted by Gasteiger charge is -2.29. The fourth-order valence-corrected chi connectivity index (χ4v) is 2.17. The number of aromatic nitrogens is 3. The minimum absolute atomic E-state index is 0.458. The van der Waals surface area contributed by atoms with Crippen LogP contribution in [0.1, 0.15) is 25.6 Å². The molecule has 0 aliphatic carbocycles. The zero-order chi connectivity index (χ0) is 12.8. The summed E-state index contributed by atoms with van der Waals surface area (Å²) < 4.78 is 10.3. The number of hydrogen-bond donors (Lipinski definition) is 1. The Kier molecular flexibility index (Phi) is 4.95. The fraction of sp³-hybridized carbons (Fsp3) is 0.833. The number of ether oxygens (including phenoxy) is 2. The van der Waals surface area contributed by atoms with Gasteiger partial charge in [-0.25, -0.2) is 0 Å². The van der Waals surface area contributed by atoms with Crippen LogP contribution in [-0.2, 0) is 16.1 Å². The lowest BCUT2D eigenvalue weighted by Crippen LogP contribution is -2.34. The Bertz CT molecular complexity index is 356. The van der Waals surface area contributed by atoms with E-state index in [4.69, 9.17) is 9.47 Å². The van der Waals surface area contributed by atoms with Gasteiger partial charge in [0.15, 0.2) is 5.82 Å². The van der Waals surface area contributed by atoms with E-state index in [0.717, 1.165) is 30.8 Å². The second-order valence-corrected chi connectivity index (χ2v) is 4.82.